The lowest BCUT2D eigenvalue weighted by Crippen LogP contribution is -2.43. The van der Waals surface area contributed by atoms with Crippen molar-refractivity contribution in [2.45, 2.75) is 65.5 Å². The predicted molar refractivity (Wildman–Crippen MR) is 130 cm³/mol. The number of alkyl carbamates (subject to hydrolysis) is 1. The number of carbonyl (C=O) groups excluding carboxylic acids is 2. The first kappa shape index (κ1) is 25.0. The molecule has 0 bridgehead atoms. The maximum absolute atomic E-state index is 12.9. The second-order valence-corrected chi connectivity index (χ2v) is 8.23. The van der Waals surface area contributed by atoms with Gasteiger partial charge >= 0.3 is 17.7 Å². The summed E-state index contributed by atoms with van der Waals surface area (Å²) in [6.07, 6.45) is 3.09. The highest BCUT2D eigenvalue weighted by Gasteiger charge is 2.24. The van der Waals surface area contributed by atoms with Crippen molar-refractivity contribution in [3.63, 3.8) is 0 Å². The monoisotopic (exact) mass is 465 g/mol. The Bertz CT molecular complexity index is 1180. The fraction of sp³-hybridized carbons (Fsp3) is 0.370. The minimum atomic E-state index is -0.869. The molecule has 1 amide bonds. The molecule has 0 aliphatic heterocycles. The first-order chi connectivity index (χ1) is 16.4. The first-order valence-corrected chi connectivity index (χ1v) is 11.7. The Balaban J connectivity index is 1.73. The minimum absolute atomic E-state index is 0.101. The molecule has 180 valence electrons. The van der Waals surface area contributed by atoms with E-state index in [2.05, 4.69) is 12.2 Å². The van der Waals surface area contributed by atoms with E-state index in [1.54, 1.807) is 19.1 Å². The van der Waals surface area contributed by atoms with Gasteiger partial charge in [-0.2, -0.15) is 0 Å². The van der Waals surface area contributed by atoms with Crippen LogP contribution in [0.1, 0.15) is 56.2 Å². The van der Waals surface area contributed by atoms with Crippen molar-refractivity contribution in [2.75, 3.05) is 0 Å². The Morgan fingerprint density at radius 3 is 2.53 bits per heavy atom. The van der Waals surface area contributed by atoms with Crippen LogP contribution < -0.4 is 15.7 Å². The predicted octanol–water partition coefficient (Wildman–Crippen LogP) is 5.44. The molecule has 0 saturated carbocycles. The van der Waals surface area contributed by atoms with Gasteiger partial charge in [-0.05, 0) is 49.4 Å². The zero-order valence-electron chi connectivity index (χ0n) is 19.9. The number of esters is 1. The molecule has 1 N–H and O–H groups in total. The molecule has 34 heavy (non-hydrogen) atoms. The molecular formula is C27H31NO6. The zero-order chi connectivity index (χ0) is 24.5. The lowest BCUT2D eigenvalue weighted by molar-refractivity contribution is -0.136. The van der Waals surface area contributed by atoms with Gasteiger partial charge < -0.3 is 19.2 Å². The summed E-state index contributed by atoms with van der Waals surface area (Å²) >= 11 is 0. The lowest BCUT2D eigenvalue weighted by atomic mass is 10.0. The number of unbranched alkanes of at least 4 members (excludes halogenated alkanes) is 1. The van der Waals surface area contributed by atoms with E-state index in [1.165, 1.54) is 6.07 Å². The van der Waals surface area contributed by atoms with Crippen LogP contribution >= 0.6 is 0 Å². The maximum Gasteiger partial charge on any atom is 0.408 e. The van der Waals surface area contributed by atoms with Gasteiger partial charge in [0.25, 0.3) is 0 Å². The van der Waals surface area contributed by atoms with E-state index in [-0.39, 0.29) is 12.4 Å². The van der Waals surface area contributed by atoms with Gasteiger partial charge in [0, 0.05) is 17.0 Å². The first-order valence-electron chi connectivity index (χ1n) is 11.7. The molecule has 1 unspecified atom stereocenters. The van der Waals surface area contributed by atoms with Crippen LogP contribution in [0.2, 0.25) is 0 Å². The second kappa shape index (κ2) is 12.0. The van der Waals surface area contributed by atoms with Crippen molar-refractivity contribution >= 4 is 23.0 Å². The van der Waals surface area contributed by atoms with Crippen LogP contribution in [0, 0.1) is 6.92 Å². The van der Waals surface area contributed by atoms with Crippen LogP contribution in [0.4, 0.5) is 4.79 Å². The number of amides is 1. The van der Waals surface area contributed by atoms with Crippen LogP contribution in [0.3, 0.4) is 0 Å². The van der Waals surface area contributed by atoms with Gasteiger partial charge in [0.1, 0.15) is 24.0 Å². The molecule has 7 nitrogen and oxygen atoms in total. The van der Waals surface area contributed by atoms with E-state index in [0.29, 0.717) is 24.0 Å². The normalized spacial score (nSPS) is 11.7. The maximum atomic E-state index is 12.9. The fourth-order valence-electron chi connectivity index (χ4n) is 3.72. The standard InChI is InChI=1S/C27H31NO6/c1-4-6-13-20-16-24(29)34-25-18(3)23(15-14-21(20)25)33-26(30)22(10-5-2)28-27(31)32-17-19-11-8-7-9-12-19/h7-9,11-12,14-16,22H,4-6,10,13,17H2,1-3H3,(H,28,31). The summed E-state index contributed by atoms with van der Waals surface area (Å²) in [5.74, 6) is -0.320. The van der Waals surface area contributed by atoms with Crippen molar-refractivity contribution in [3.8, 4) is 5.75 Å². The van der Waals surface area contributed by atoms with E-state index in [0.717, 1.165) is 35.8 Å². The molecule has 0 aliphatic carbocycles. The van der Waals surface area contributed by atoms with Gasteiger partial charge in [0.05, 0.1) is 0 Å². The smallest absolute Gasteiger partial charge is 0.408 e. The molecule has 0 spiro atoms. The number of aryl methyl sites for hydroxylation is 2. The van der Waals surface area contributed by atoms with E-state index in [1.807, 2.05) is 37.3 Å². The average molecular weight is 466 g/mol. The van der Waals surface area contributed by atoms with Gasteiger partial charge in [0.2, 0.25) is 0 Å². The third-order valence-corrected chi connectivity index (χ3v) is 5.57. The number of fused-ring (bicyclic) bond motifs is 1. The number of hydrogen-bond acceptors (Lipinski definition) is 6. The average Bonchev–Trinajstić information content (AvgIpc) is 2.83. The van der Waals surface area contributed by atoms with Crippen LogP contribution in [-0.4, -0.2) is 18.1 Å². The zero-order valence-corrected chi connectivity index (χ0v) is 19.9. The summed E-state index contributed by atoms with van der Waals surface area (Å²) < 4.78 is 16.3. The molecule has 3 rings (SSSR count). The van der Waals surface area contributed by atoms with Crippen molar-refractivity contribution in [3.05, 3.63) is 75.6 Å². The summed E-state index contributed by atoms with van der Waals surface area (Å²) in [4.78, 5) is 37.3. The van der Waals surface area contributed by atoms with Gasteiger partial charge in [-0.25, -0.2) is 14.4 Å². The molecule has 0 fully saturated rings. The lowest BCUT2D eigenvalue weighted by Gasteiger charge is -2.18. The Hall–Kier alpha value is -3.61. The van der Waals surface area contributed by atoms with Crippen molar-refractivity contribution in [1.29, 1.82) is 0 Å². The van der Waals surface area contributed by atoms with Crippen LogP contribution in [0.25, 0.3) is 11.0 Å². The molecule has 2 aromatic carbocycles. The third kappa shape index (κ3) is 6.47. The van der Waals surface area contributed by atoms with E-state index >= 15 is 0 Å². The van der Waals surface area contributed by atoms with E-state index in [9.17, 15) is 14.4 Å². The number of ether oxygens (including phenoxy) is 2. The van der Waals surface area contributed by atoms with Gasteiger partial charge in [-0.1, -0.05) is 57.0 Å². The molecule has 0 aliphatic rings. The third-order valence-electron chi connectivity index (χ3n) is 5.57. The molecule has 0 radical (unpaired) electrons. The van der Waals surface area contributed by atoms with Gasteiger partial charge in [0.15, 0.2) is 0 Å². The van der Waals surface area contributed by atoms with Gasteiger partial charge in [-0.15, -0.1) is 0 Å². The summed E-state index contributed by atoms with van der Waals surface area (Å²) in [5.41, 5.74) is 2.30. The molecule has 7 heteroatoms. The summed E-state index contributed by atoms with van der Waals surface area (Å²) in [6, 6.07) is 13.4. The molecule has 1 heterocycles. The fourth-order valence-corrected chi connectivity index (χ4v) is 3.72. The van der Waals surface area contributed by atoms with Gasteiger partial charge in [-0.3, -0.25) is 0 Å². The highest BCUT2D eigenvalue weighted by atomic mass is 16.6. The highest BCUT2D eigenvalue weighted by Crippen LogP contribution is 2.29. The SMILES string of the molecule is CCCCc1cc(=O)oc2c(C)c(OC(=O)C(CCC)NC(=O)OCc3ccccc3)ccc12. The number of hydrogen-bond donors (Lipinski definition) is 1. The Labute approximate surface area is 199 Å². The number of rotatable bonds is 10. The number of benzene rings is 2. The minimum Gasteiger partial charge on any atom is -0.445 e. The van der Waals surface area contributed by atoms with Crippen molar-refractivity contribution in [1.82, 2.24) is 5.32 Å². The van der Waals surface area contributed by atoms with E-state index in [4.69, 9.17) is 13.9 Å². The Morgan fingerprint density at radius 2 is 1.82 bits per heavy atom. The van der Waals surface area contributed by atoms with Crippen molar-refractivity contribution < 1.29 is 23.5 Å². The Morgan fingerprint density at radius 1 is 1.06 bits per heavy atom. The largest absolute Gasteiger partial charge is 0.445 e. The quantitative estimate of drug-likeness (QED) is 0.243. The van der Waals surface area contributed by atoms with Crippen LogP contribution in [0.5, 0.6) is 5.75 Å². The summed E-state index contributed by atoms with van der Waals surface area (Å²) in [7, 11) is 0. The molecular weight excluding hydrogens is 434 g/mol. The topological polar surface area (TPSA) is 94.8 Å². The molecule has 0 saturated heterocycles. The van der Waals surface area contributed by atoms with Crippen LogP contribution in [0.15, 0.2) is 57.7 Å². The molecule has 1 atom stereocenters. The summed E-state index contributed by atoms with van der Waals surface area (Å²) in [6.45, 7) is 5.84. The van der Waals surface area contributed by atoms with Crippen molar-refractivity contribution in [2.24, 2.45) is 0 Å². The second-order valence-electron chi connectivity index (χ2n) is 8.23. The van der Waals surface area contributed by atoms with E-state index < -0.39 is 23.7 Å². The molecule has 1 aromatic heterocycles. The number of nitrogens with one attached hydrogen (secondary N) is 1. The number of carbonyl (C=O) groups is 2. The van der Waals surface area contributed by atoms with Crippen LogP contribution in [-0.2, 0) is 22.6 Å². The summed E-state index contributed by atoms with van der Waals surface area (Å²) in [5, 5.41) is 3.43. The highest BCUT2D eigenvalue weighted by molar-refractivity contribution is 5.87. The Kier molecular flexibility index (Phi) is 8.85. The molecule has 3 aromatic rings.